The van der Waals surface area contributed by atoms with E-state index >= 15 is 0 Å². The summed E-state index contributed by atoms with van der Waals surface area (Å²) in [6.45, 7) is -6.84. The molecule has 0 radical (unpaired) electrons. The Labute approximate surface area is 670 Å². The number of H-pyrrole nitrogens is 1. The number of aromatic amines is 1. The highest BCUT2D eigenvalue weighted by molar-refractivity contribution is 7.83. The molecule has 6 unspecified atom stereocenters. The van der Waals surface area contributed by atoms with E-state index in [1.54, 1.807) is 80.1 Å². The molecule has 0 saturated carbocycles. The first kappa shape index (κ1) is 84.1. The number of nitrogens with zero attached hydrogens (tertiary/aromatic N) is 12. The number of aromatic nitrogens is 8. The van der Waals surface area contributed by atoms with Gasteiger partial charge in [0.05, 0.1) is 61.6 Å². The maximum Gasteiger partial charge on any atom is 0.362 e. The first-order valence-electron chi connectivity index (χ1n) is 35.9. The molecule has 3 N–H and O–H groups in total. The molecule has 0 aliphatic carbocycles. The van der Waals surface area contributed by atoms with E-state index in [0.717, 1.165) is 33.4 Å². The number of hydrogen-bond donors (Lipinski definition) is 3. The average molecular weight is 1620 g/mol. The van der Waals surface area contributed by atoms with Gasteiger partial charge in [-0.05, 0) is 108 Å². The van der Waals surface area contributed by atoms with Crippen LogP contribution in [0.1, 0.15) is 67.1 Å². The van der Waals surface area contributed by atoms with E-state index in [-0.39, 0.29) is 89.8 Å². The lowest BCUT2D eigenvalue weighted by atomic mass is 9.75. The number of amides is 2. The van der Waals surface area contributed by atoms with Crippen LogP contribution in [0.15, 0.2) is 260 Å². The Bertz CT molecular complexity index is 5150. The van der Waals surface area contributed by atoms with Crippen molar-refractivity contribution >= 4 is 82.3 Å². The van der Waals surface area contributed by atoms with Crippen LogP contribution in [0.4, 0.5) is 11.9 Å². The third-order valence-corrected chi connectivity index (χ3v) is 24.1. The second kappa shape index (κ2) is 38.4. The molecule has 114 heavy (non-hydrogen) atoms. The van der Waals surface area contributed by atoms with Gasteiger partial charge in [-0.2, -0.15) is 20.2 Å². The highest BCUT2D eigenvalue weighted by Crippen LogP contribution is 2.56. The number of nitriles is 1. The van der Waals surface area contributed by atoms with E-state index in [0.29, 0.717) is 42.3 Å². The van der Waals surface area contributed by atoms with Crippen molar-refractivity contribution in [3.8, 4) is 23.4 Å². The third-order valence-electron chi connectivity index (χ3n) is 18.8. The minimum absolute atomic E-state index is 0. The number of benzene rings is 8. The topological polar surface area (TPSA) is 301 Å². The van der Waals surface area contributed by atoms with Crippen LogP contribution in [-0.2, 0) is 48.3 Å². The fourth-order valence-electron chi connectivity index (χ4n) is 13.7. The molecule has 2 fully saturated rings. The van der Waals surface area contributed by atoms with Crippen molar-refractivity contribution < 1.29 is 51.5 Å². The SMILES string of the molecule is C.C.CN(C)P(=O)(Cl)OCC1CN(C(c2ccccc2)(c2ccccc2)c2ccccc2)CC(n2cnc3c(=O)[nH]c(NC(=O)COc4ccccc4)nc32)O1.CN(C)P(=O)(Cl)OCC1CN(C(c2ccccc2)(c2ccccc2)c2ccccc2)CC(n2cnc3c(OCCC#N)nc(NC(=O)COc4ccccc4)nc32)O1. The highest BCUT2D eigenvalue weighted by Gasteiger charge is 2.49. The largest absolute Gasteiger partial charge is 0.484 e. The predicted molar refractivity (Wildman–Crippen MR) is 439 cm³/mol. The Balaban J connectivity index is 0.000000221. The van der Waals surface area contributed by atoms with E-state index in [2.05, 4.69) is 124 Å². The monoisotopic (exact) mass is 1620 g/mol. The Kier molecular flexibility index (Phi) is 28.3. The van der Waals surface area contributed by atoms with E-state index in [4.69, 9.17) is 60.2 Å². The van der Waals surface area contributed by atoms with Crippen LogP contribution in [0.3, 0.4) is 0 Å². The molecule has 6 heterocycles. The number of carbonyl (C=O) groups excluding carboxylic acids is 2. The van der Waals surface area contributed by atoms with Crippen molar-refractivity contribution in [1.29, 1.82) is 5.26 Å². The lowest BCUT2D eigenvalue weighted by molar-refractivity contribution is -0.145. The van der Waals surface area contributed by atoms with E-state index in [9.17, 15) is 28.8 Å². The van der Waals surface area contributed by atoms with Crippen LogP contribution in [-0.4, -0.2) is 170 Å². The lowest BCUT2D eigenvalue weighted by Gasteiger charge is -2.50. The van der Waals surface area contributed by atoms with Gasteiger partial charge in [-0.1, -0.05) is 233 Å². The quantitative estimate of drug-likeness (QED) is 0.0223. The summed E-state index contributed by atoms with van der Waals surface area (Å²) in [5.74, 6) is -0.0324. The van der Waals surface area contributed by atoms with E-state index < -0.39 is 66.9 Å². The molecule has 4 aromatic heterocycles. The van der Waals surface area contributed by atoms with Gasteiger partial charge in [-0.3, -0.25) is 58.1 Å². The normalized spacial score (nSPS) is 17.0. The first-order valence-corrected chi connectivity index (χ1v) is 40.8. The molecule has 0 spiro atoms. The average Bonchev–Trinajstić information content (AvgIpc) is 0.807. The number of nitrogens with one attached hydrogen (secondary N) is 3. The smallest absolute Gasteiger partial charge is 0.362 e. The number of rotatable bonds is 29. The van der Waals surface area contributed by atoms with Gasteiger partial charge in [0.15, 0.2) is 35.5 Å². The summed E-state index contributed by atoms with van der Waals surface area (Å²) < 4.78 is 74.9. The lowest BCUT2D eigenvalue weighted by Crippen LogP contribution is -2.57. The molecule has 6 atom stereocenters. The summed E-state index contributed by atoms with van der Waals surface area (Å²) >= 11 is 12.7. The van der Waals surface area contributed by atoms with Crippen LogP contribution >= 0.6 is 36.2 Å². The fraction of sp³-hybridized carbons (Fsp3) is 0.265. The summed E-state index contributed by atoms with van der Waals surface area (Å²) in [5.41, 5.74) is 4.63. The Morgan fingerprint density at radius 3 is 1.24 bits per heavy atom. The Morgan fingerprint density at radius 1 is 0.518 bits per heavy atom. The summed E-state index contributed by atoms with van der Waals surface area (Å²) in [5, 5.41) is 14.6. The molecule has 2 aliphatic rings. The minimum Gasteiger partial charge on any atom is -0.484 e. The predicted octanol–water partition coefficient (Wildman–Crippen LogP) is 14.8. The maximum atomic E-state index is 13.3. The molecule has 2 aliphatic heterocycles. The molecule has 14 rings (SSSR count). The van der Waals surface area contributed by atoms with Crippen molar-refractivity contribution in [1.82, 2.24) is 58.2 Å². The zero-order valence-electron chi connectivity index (χ0n) is 61.5. The zero-order chi connectivity index (χ0) is 78.2. The molecule has 2 saturated heterocycles. The number of para-hydroxylation sites is 2. The number of anilines is 2. The summed E-state index contributed by atoms with van der Waals surface area (Å²) in [6, 6.07) is 81.2. The van der Waals surface area contributed by atoms with Gasteiger partial charge in [0.2, 0.25) is 17.8 Å². The van der Waals surface area contributed by atoms with Crippen molar-refractivity contribution in [3.05, 3.63) is 299 Å². The minimum atomic E-state index is -3.67. The highest BCUT2D eigenvalue weighted by atomic mass is 35.7. The fourth-order valence-corrected chi connectivity index (χ4v) is 15.2. The van der Waals surface area contributed by atoms with E-state index in [1.807, 2.05) is 133 Å². The first-order chi connectivity index (χ1) is 54.3. The summed E-state index contributed by atoms with van der Waals surface area (Å²) in [6.07, 6.45) is 0.268. The second-order valence-corrected chi connectivity index (χ2v) is 33.0. The molecule has 12 aromatic rings. The number of halogens is 2. The van der Waals surface area contributed by atoms with Crippen LogP contribution in [0, 0.1) is 11.3 Å². The van der Waals surface area contributed by atoms with Crippen molar-refractivity contribution in [3.63, 3.8) is 0 Å². The molecule has 8 aromatic carbocycles. The molecular weight excluding hydrogens is 1530 g/mol. The third kappa shape index (κ3) is 19.2. The van der Waals surface area contributed by atoms with Gasteiger partial charge in [0.25, 0.3) is 17.4 Å². The van der Waals surface area contributed by atoms with Gasteiger partial charge in [0, 0.05) is 26.2 Å². The summed E-state index contributed by atoms with van der Waals surface area (Å²) in [4.78, 5) is 69.4. The molecule has 0 bridgehead atoms. The van der Waals surface area contributed by atoms with Crippen molar-refractivity contribution in [2.45, 2.75) is 57.0 Å². The molecule has 31 heteroatoms. The number of carbonyl (C=O) groups is 2. The van der Waals surface area contributed by atoms with Crippen LogP contribution < -0.4 is 30.4 Å². The molecule has 27 nitrogen and oxygen atoms in total. The van der Waals surface area contributed by atoms with Crippen molar-refractivity contribution in [2.75, 3.05) is 98.0 Å². The number of ether oxygens (including phenoxy) is 5. The van der Waals surface area contributed by atoms with Crippen molar-refractivity contribution in [2.24, 2.45) is 0 Å². The zero-order valence-corrected chi connectivity index (χ0v) is 64.8. The van der Waals surface area contributed by atoms with Crippen LogP contribution in [0.5, 0.6) is 17.4 Å². The van der Waals surface area contributed by atoms with Gasteiger partial charge in [-0.15, -0.1) is 0 Å². The van der Waals surface area contributed by atoms with Gasteiger partial charge in [-0.25, -0.2) is 19.3 Å². The summed E-state index contributed by atoms with van der Waals surface area (Å²) in [7, 11) is 6.35. The van der Waals surface area contributed by atoms with Gasteiger partial charge < -0.3 is 32.7 Å². The van der Waals surface area contributed by atoms with Gasteiger partial charge in [0.1, 0.15) is 30.6 Å². The van der Waals surface area contributed by atoms with E-state index in [1.165, 1.54) is 15.7 Å². The number of morpholine rings is 2. The van der Waals surface area contributed by atoms with Crippen LogP contribution in [0.2, 0.25) is 0 Å². The maximum absolute atomic E-state index is 13.3. The molecule has 592 valence electrons. The number of hydrogen-bond acceptors (Lipinski definition) is 20. The number of imidazole rings is 2. The number of fused-ring (bicyclic) bond motifs is 2. The second-order valence-electron chi connectivity index (χ2n) is 26.5. The Morgan fingerprint density at radius 2 is 0.868 bits per heavy atom. The van der Waals surface area contributed by atoms with Crippen LogP contribution in [0.25, 0.3) is 22.3 Å². The standard InChI is InChI=1S/C42H42ClN8O6P.C39H39ClN7O6P.2CH4/c1-49(2)58(43,53)56-28-35-26-50(42(31-16-7-3-8-17-31,32-18-9-4-10-19-32)33-20-11-5-12-21-33)27-37(57-35)51-30-45-38-39(51)47-41(48-40(38)54-25-15-24-44)46-36(52)29-55-34-22-13-6-14-23-34;1-45(2)54(40,50)52-25-32-23-46(39(28-15-7-3-8-16-28,29-17-9-4-10-18-29)30-19-11-5-12-20-30)24-34(53-32)47-27-41-35-36(47)43-38(44-37(35)49)42-33(48)26-51-31-21-13-6-14-22-31;;/h3-14,16-23,30,35,37H,15,25-29H2,1-2H3,(H,46,47,48,52);3-22,27,32,34H,23-26H2,1-2H3,(H2,42,43,44,48,49);2*1H4. The molecule has 2 amide bonds. The Hall–Kier alpha value is -10.8. The molecular formula is C83H89Cl2N15O12P2. The van der Waals surface area contributed by atoms with Gasteiger partial charge >= 0.3 is 13.7 Å².